The fourth-order valence-corrected chi connectivity index (χ4v) is 7.18. The van der Waals surface area contributed by atoms with Gasteiger partial charge in [-0.15, -0.1) is 0 Å². The molecule has 8 heteroatoms. The molecule has 2 N–H and O–H groups in total. The van der Waals surface area contributed by atoms with Gasteiger partial charge < -0.3 is 29.9 Å². The first-order valence-electron chi connectivity index (χ1n) is 15.7. The summed E-state index contributed by atoms with van der Waals surface area (Å²) < 4.78 is 11.5. The fourth-order valence-electron chi connectivity index (χ4n) is 7.18. The zero-order chi connectivity index (χ0) is 28.5. The lowest BCUT2D eigenvalue weighted by Crippen LogP contribution is -2.42. The molecule has 4 heterocycles. The molecule has 4 aromatic rings. The molecule has 3 fully saturated rings. The van der Waals surface area contributed by atoms with Gasteiger partial charge in [0.25, 0.3) is 0 Å². The van der Waals surface area contributed by atoms with Crippen molar-refractivity contribution in [2.45, 2.75) is 63.5 Å². The third-order valence-corrected chi connectivity index (χ3v) is 9.33. The van der Waals surface area contributed by atoms with E-state index in [1.807, 2.05) is 12.1 Å². The van der Waals surface area contributed by atoms with Crippen molar-refractivity contribution >= 4 is 44.8 Å². The maximum atomic E-state index is 5.75. The first-order chi connectivity index (χ1) is 20.7. The second-order valence-electron chi connectivity index (χ2n) is 11.9. The first kappa shape index (κ1) is 26.9. The van der Waals surface area contributed by atoms with Crippen molar-refractivity contribution in [2.75, 3.05) is 60.8 Å². The van der Waals surface area contributed by atoms with Crippen LogP contribution in [0.25, 0.3) is 21.8 Å². The van der Waals surface area contributed by atoms with E-state index in [0.29, 0.717) is 0 Å². The van der Waals surface area contributed by atoms with Gasteiger partial charge >= 0.3 is 0 Å². The van der Waals surface area contributed by atoms with Crippen LogP contribution in [0.15, 0.2) is 48.5 Å². The zero-order valence-corrected chi connectivity index (χ0v) is 24.9. The van der Waals surface area contributed by atoms with E-state index in [2.05, 4.69) is 56.8 Å². The van der Waals surface area contributed by atoms with E-state index in [0.717, 1.165) is 84.0 Å². The molecule has 220 valence electrons. The molecule has 42 heavy (non-hydrogen) atoms. The van der Waals surface area contributed by atoms with E-state index in [9.17, 15) is 0 Å². The number of benzene rings is 2. The Morgan fingerprint density at radius 2 is 1.05 bits per heavy atom. The Kier molecular flexibility index (Phi) is 7.53. The van der Waals surface area contributed by atoms with Crippen LogP contribution in [0, 0.1) is 0 Å². The van der Waals surface area contributed by atoms with E-state index in [1.54, 1.807) is 14.2 Å². The predicted molar refractivity (Wildman–Crippen MR) is 173 cm³/mol. The summed E-state index contributed by atoms with van der Waals surface area (Å²) in [7, 11) is 3.46. The quantitative estimate of drug-likeness (QED) is 0.240. The number of aromatic nitrogens is 2. The highest BCUT2D eigenvalue weighted by molar-refractivity contribution is 5.98. The molecule has 2 atom stereocenters. The van der Waals surface area contributed by atoms with Gasteiger partial charge in [-0.05, 0) is 50.7 Å². The fraction of sp³-hybridized carbons (Fsp3) is 0.471. The third kappa shape index (κ3) is 5.12. The number of pyridine rings is 2. The summed E-state index contributed by atoms with van der Waals surface area (Å²) in [4.78, 5) is 15.2. The van der Waals surface area contributed by atoms with Gasteiger partial charge in [-0.25, -0.2) is 9.97 Å². The monoisotopic (exact) mass is 566 g/mol. The Labute approximate surface area is 248 Å². The molecule has 2 aromatic heterocycles. The highest BCUT2D eigenvalue weighted by atomic mass is 16.5. The molecule has 0 radical (unpaired) electrons. The molecule has 8 nitrogen and oxygen atoms in total. The standard InChI is InChI=1S/C34H42N6O2/c1-41-29-15-9-11-23-27(39-17-5-6-18-39)21-31(37-33(23)29)35-25-13-3-4-14-26(25)36-32-22-28(40-19-7-8-20-40)24-12-10-16-30(42-2)34(24)38-32/h9-12,15-16,21-22,25-26H,3-8,13-14,17-20H2,1-2H3,(H,35,37)(H,36,38)/t25-,26-/m0/s1. The Balaban J connectivity index is 1.22. The average molecular weight is 567 g/mol. The van der Waals surface area contributed by atoms with Crippen LogP contribution in [0.5, 0.6) is 11.5 Å². The van der Waals surface area contributed by atoms with Crippen molar-refractivity contribution in [1.29, 1.82) is 0 Å². The van der Waals surface area contributed by atoms with Crippen molar-refractivity contribution in [3.63, 3.8) is 0 Å². The van der Waals surface area contributed by atoms with E-state index in [-0.39, 0.29) is 12.1 Å². The summed E-state index contributed by atoms with van der Waals surface area (Å²) in [6.07, 6.45) is 9.48. The largest absolute Gasteiger partial charge is 0.494 e. The van der Waals surface area contributed by atoms with E-state index in [4.69, 9.17) is 19.4 Å². The van der Waals surface area contributed by atoms with Crippen LogP contribution in [0.1, 0.15) is 51.4 Å². The Morgan fingerprint density at radius 1 is 0.619 bits per heavy atom. The summed E-state index contributed by atoms with van der Waals surface area (Å²) in [6.45, 7) is 4.33. The minimum Gasteiger partial charge on any atom is -0.494 e. The van der Waals surface area contributed by atoms with Gasteiger partial charge in [-0.2, -0.15) is 0 Å². The maximum absolute atomic E-state index is 5.75. The number of anilines is 4. The highest BCUT2D eigenvalue weighted by Gasteiger charge is 2.28. The number of nitrogens with one attached hydrogen (secondary N) is 2. The number of rotatable bonds is 8. The van der Waals surface area contributed by atoms with Crippen molar-refractivity contribution in [2.24, 2.45) is 0 Å². The summed E-state index contributed by atoms with van der Waals surface area (Å²) >= 11 is 0. The molecule has 0 amide bonds. The predicted octanol–water partition coefficient (Wildman–Crippen LogP) is 6.84. The normalized spacial score (nSPS) is 20.8. The maximum Gasteiger partial charge on any atom is 0.145 e. The minimum atomic E-state index is 0.232. The van der Waals surface area contributed by atoms with Crippen LogP contribution in [-0.4, -0.2) is 62.5 Å². The molecular formula is C34H42N6O2. The van der Waals surface area contributed by atoms with Crippen LogP contribution >= 0.6 is 0 Å². The minimum absolute atomic E-state index is 0.232. The van der Waals surface area contributed by atoms with Crippen LogP contribution < -0.4 is 29.9 Å². The van der Waals surface area contributed by atoms with Crippen molar-refractivity contribution in [3.05, 3.63) is 48.5 Å². The molecule has 1 saturated carbocycles. The van der Waals surface area contributed by atoms with Crippen molar-refractivity contribution < 1.29 is 9.47 Å². The highest BCUT2D eigenvalue weighted by Crippen LogP contribution is 2.38. The number of fused-ring (bicyclic) bond motifs is 2. The number of ether oxygens (including phenoxy) is 2. The number of nitrogens with zero attached hydrogens (tertiary/aromatic N) is 4. The second-order valence-corrected chi connectivity index (χ2v) is 11.9. The molecular weight excluding hydrogens is 524 g/mol. The third-order valence-electron chi connectivity index (χ3n) is 9.33. The van der Waals surface area contributed by atoms with Gasteiger partial charge in [0.05, 0.1) is 14.2 Å². The number of hydrogen-bond acceptors (Lipinski definition) is 8. The van der Waals surface area contributed by atoms with Gasteiger partial charge in [-0.3, -0.25) is 0 Å². The molecule has 1 aliphatic carbocycles. The first-order valence-corrected chi connectivity index (χ1v) is 15.7. The van der Waals surface area contributed by atoms with Gasteiger partial charge in [0.15, 0.2) is 0 Å². The SMILES string of the molecule is COc1cccc2c(N3CCCC3)cc(N[C@H]3CCCC[C@@H]3Nc3cc(N4CCCC4)c4cccc(OC)c4n3)nc12. The lowest BCUT2D eigenvalue weighted by molar-refractivity contribution is 0.417. The number of para-hydroxylation sites is 2. The number of hydrogen-bond donors (Lipinski definition) is 2. The topological polar surface area (TPSA) is 74.8 Å². The Hall–Kier alpha value is -3.94. The van der Waals surface area contributed by atoms with Gasteiger partial charge in [0.2, 0.25) is 0 Å². The molecule has 7 rings (SSSR count). The molecule has 2 aromatic carbocycles. The zero-order valence-electron chi connectivity index (χ0n) is 24.9. The molecule has 2 saturated heterocycles. The summed E-state index contributed by atoms with van der Waals surface area (Å²) in [6, 6.07) is 17.5. The summed E-state index contributed by atoms with van der Waals surface area (Å²) in [5.74, 6) is 3.47. The molecule has 3 aliphatic rings. The lowest BCUT2D eigenvalue weighted by atomic mass is 9.90. The van der Waals surface area contributed by atoms with E-state index in [1.165, 1.54) is 49.9 Å². The molecule has 0 bridgehead atoms. The summed E-state index contributed by atoms with van der Waals surface area (Å²) in [5, 5.41) is 10.1. The van der Waals surface area contributed by atoms with Crippen molar-refractivity contribution in [1.82, 2.24) is 9.97 Å². The second kappa shape index (κ2) is 11.7. The van der Waals surface area contributed by atoms with Gasteiger partial charge in [-0.1, -0.05) is 37.1 Å². The van der Waals surface area contributed by atoms with Crippen LogP contribution in [0.3, 0.4) is 0 Å². The molecule has 0 unspecified atom stereocenters. The Bertz CT molecular complexity index is 1450. The van der Waals surface area contributed by atoms with Crippen LogP contribution in [0.4, 0.5) is 23.0 Å². The van der Waals surface area contributed by atoms with E-state index >= 15 is 0 Å². The molecule has 2 aliphatic heterocycles. The summed E-state index contributed by atoms with van der Waals surface area (Å²) in [5.41, 5.74) is 4.34. The van der Waals surface area contributed by atoms with Crippen LogP contribution in [-0.2, 0) is 0 Å². The molecule has 0 spiro atoms. The lowest BCUT2D eigenvalue weighted by Gasteiger charge is -2.34. The van der Waals surface area contributed by atoms with Crippen molar-refractivity contribution in [3.8, 4) is 11.5 Å². The average Bonchev–Trinajstić information content (AvgIpc) is 3.76. The number of methoxy groups -OCH3 is 2. The van der Waals surface area contributed by atoms with Gasteiger partial charge in [0.1, 0.15) is 34.2 Å². The smallest absolute Gasteiger partial charge is 0.145 e. The van der Waals surface area contributed by atoms with E-state index < -0.39 is 0 Å². The Morgan fingerprint density at radius 3 is 1.45 bits per heavy atom. The van der Waals surface area contributed by atoms with Crippen LogP contribution in [0.2, 0.25) is 0 Å². The van der Waals surface area contributed by atoms with Gasteiger partial charge in [0, 0.05) is 72.5 Å².